The first-order valence-corrected chi connectivity index (χ1v) is 6.21. The van der Waals surface area contributed by atoms with Gasteiger partial charge >= 0.3 is 12.1 Å². The summed E-state index contributed by atoms with van der Waals surface area (Å²) in [7, 11) is 0. The lowest BCUT2D eigenvalue weighted by Crippen LogP contribution is -2.38. The SMILES string of the molecule is C=CCOC(=O)NCC1(CC(=O)O)CCC(C)C1. The number of aliphatic carboxylic acids is 1. The normalized spacial score (nSPS) is 26.6. The summed E-state index contributed by atoms with van der Waals surface area (Å²) >= 11 is 0. The average Bonchev–Trinajstić information content (AvgIpc) is 2.65. The number of carboxylic acids is 1. The van der Waals surface area contributed by atoms with Crippen LogP contribution in [0, 0.1) is 11.3 Å². The molecule has 0 radical (unpaired) electrons. The molecule has 0 spiro atoms. The summed E-state index contributed by atoms with van der Waals surface area (Å²) in [6.45, 7) is 6.08. The predicted octanol–water partition coefficient (Wildman–Crippen LogP) is 2.18. The van der Waals surface area contributed by atoms with Crippen LogP contribution in [0.15, 0.2) is 12.7 Å². The molecule has 5 heteroatoms. The number of carbonyl (C=O) groups is 2. The zero-order valence-electron chi connectivity index (χ0n) is 10.8. The number of hydrogen-bond donors (Lipinski definition) is 2. The van der Waals surface area contributed by atoms with Gasteiger partial charge in [0.15, 0.2) is 0 Å². The minimum absolute atomic E-state index is 0.0963. The van der Waals surface area contributed by atoms with E-state index in [0.717, 1.165) is 19.3 Å². The third-order valence-electron chi connectivity index (χ3n) is 3.42. The average molecular weight is 255 g/mol. The van der Waals surface area contributed by atoms with Crippen LogP contribution in [0.4, 0.5) is 4.79 Å². The molecule has 0 aliphatic heterocycles. The first-order valence-electron chi connectivity index (χ1n) is 6.21. The van der Waals surface area contributed by atoms with Crippen LogP contribution in [0.2, 0.25) is 0 Å². The molecule has 5 nitrogen and oxygen atoms in total. The predicted molar refractivity (Wildman–Crippen MR) is 67.2 cm³/mol. The van der Waals surface area contributed by atoms with Crippen molar-refractivity contribution >= 4 is 12.1 Å². The van der Waals surface area contributed by atoms with Crippen LogP contribution in [-0.2, 0) is 9.53 Å². The first-order chi connectivity index (χ1) is 8.47. The van der Waals surface area contributed by atoms with Gasteiger partial charge in [-0.25, -0.2) is 4.79 Å². The Kier molecular flexibility index (Phi) is 5.19. The molecule has 1 amide bonds. The Labute approximate surface area is 107 Å². The van der Waals surface area contributed by atoms with Crippen molar-refractivity contribution in [1.29, 1.82) is 0 Å². The standard InChI is InChI=1S/C13H21NO4/c1-3-6-18-12(17)14-9-13(8-11(15)16)5-4-10(2)7-13/h3,10H,1,4-9H2,2H3,(H,14,17)(H,15,16). The number of amides is 1. The van der Waals surface area contributed by atoms with Gasteiger partial charge in [0.1, 0.15) is 6.61 Å². The number of carbonyl (C=O) groups excluding carboxylic acids is 1. The molecular weight excluding hydrogens is 234 g/mol. The molecule has 1 fully saturated rings. The molecule has 0 bridgehead atoms. The van der Waals surface area contributed by atoms with Crippen molar-refractivity contribution in [2.24, 2.45) is 11.3 Å². The number of alkyl carbamates (subject to hydrolysis) is 1. The summed E-state index contributed by atoms with van der Waals surface area (Å²) < 4.78 is 4.81. The second-order valence-electron chi connectivity index (χ2n) is 5.16. The maximum atomic E-state index is 11.3. The fourth-order valence-corrected chi connectivity index (χ4v) is 2.65. The second-order valence-corrected chi connectivity index (χ2v) is 5.16. The zero-order valence-corrected chi connectivity index (χ0v) is 10.8. The molecule has 1 saturated carbocycles. The van der Waals surface area contributed by atoms with Gasteiger partial charge in [-0.1, -0.05) is 26.0 Å². The number of nitrogens with one attached hydrogen (secondary N) is 1. The summed E-state index contributed by atoms with van der Waals surface area (Å²) in [4.78, 5) is 22.3. The van der Waals surface area contributed by atoms with Gasteiger partial charge in [0, 0.05) is 6.54 Å². The van der Waals surface area contributed by atoms with Crippen LogP contribution >= 0.6 is 0 Å². The Morgan fingerprint density at radius 1 is 1.61 bits per heavy atom. The van der Waals surface area contributed by atoms with Gasteiger partial charge in [0.05, 0.1) is 6.42 Å². The molecular formula is C13H21NO4. The van der Waals surface area contributed by atoms with E-state index in [9.17, 15) is 9.59 Å². The molecule has 0 saturated heterocycles. The van der Waals surface area contributed by atoms with Crippen LogP contribution in [0.25, 0.3) is 0 Å². The molecule has 2 N–H and O–H groups in total. The Morgan fingerprint density at radius 2 is 2.33 bits per heavy atom. The minimum Gasteiger partial charge on any atom is -0.481 e. The van der Waals surface area contributed by atoms with E-state index in [2.05, 4.69) is 18.8 Å². The van der Waals surface area contributed by atoms with Gasteiger partial charge < -0.3 is 15.2 Å². The molecule has 1 aliphatic rings. The largest absolute Gasteiger partial charge is 0.481 e. The highest BCUT2D eigenvalue weighted by Crippen LogP contribution is 2.43. The number of ether oxygens (including phenoxy) is 1. The second kappa shape index (κ2) is 6.42. The topological polar surface area (TPSA) is 75.6 Å². The van der Waals surface area contributed by atoms with Gasteiger partial charge in [-0.3, -0.25) is 4.79 Å². The Balaban J connectivity index is 2.49. The quantitative estimate of drug-likeness (QED) is 0.713. The maximum Gasteiger partial charge on any atom is 0.407 e. The molecule has 0 heterocycles. The Morgan fingerprint density at radius 3 is 2.83 bits per heavy atom. The van der Waals surface area contributed by atoms with Crippen LogP contribution < -0.4 is 5.32 Å². The highest BCUT2D eigenvalue weighted by Gasteiger charge is 2.39. The fraction of sp³-hybridized carbons (Fsp3) is 0.692. The van der Waals surface area contributed by atoms with Crippen molar-refractivity contribution in [2.45, 2.75) is 32.6 Å². The number of hydrogen-bond acceptors (Lipinski definition) is 3. The van der Waals surface area contributed by atoms with Crippen molar-refractivity contribution < 1.29 is 19.4 Å². The zero-order chi connectivity index (χ0) is 13.6. The van der Waals surface area contributed by atoms with Crippen molar-refractivity contribution in [3.05, 3.63) is 12.7 Å². The number of rotatable bonds is 6. The smallest absolute Gasteiger partial charge is 0.407 e. The Hall–Kier alpha value is -1.52. The van der Waals surface area contributed by atoms with E-state index in [-0.39, 0.29) is 18.4 Å². The van der Waals surface area contributed by atoms with Crippen LogP contribution in [0.3, 0.4) is 0 Å². The van der Waals surface area contributed by atoms with Crippen molar-refractivity contribution in [1.82, 2.24) is 5.32 Å². The van der Waals surface area contributed by atoms with E-state index in [1.165, 1.54) is 6.08 Å². The van der Waals surface area contributed by atoms with Crippen molar-refractivity contribution in [3.8, 4) is 0 Å². The van der Waals surface area contributed by atoms with Crippen LogP contribution in [-0.4, -0.2) is 30.3 Å². The molecule has 0 aromatic carbocycles. The molecule has 0 aromatic heterocycles. The third kappa shape index (κ3) is 4.39. The molecule has 1 aliphatic carbocycles. The summed E-state index contributed by atoms with van der Waals surface area (Å²) in [6, 6.07) is 0. The summed E-state index contributed by atoms with van der Waals surface area (Å²) in [5.41, 5.74) is -0.321. The molecule has 1 rings (SSSR count). The maximum absolute atomic E-state index is 11.3. The van der Waals surface area contributed by atoms with E-state index in [1.807, 2.05) is 0 Å². The van der Waals surface area contributed by atoms with Gasteiger partial charge in [-0.2, -0.15) is 0 Å². The van der Waals surface area contributed by atoms with Crippen LogP contribution in [0.1, 0.15) is 32.6 Å². The first kappa shape index (κ1) is 14.5. The summed E-state index contributed by atoms with van der Waals surface area (Å²) in [6.07, 6.45) is 3.75. The number of carboxylic acid groups (broad SMARTS) is 1. The third-order valence-corrected chi connectivity index (χ3v) is 3.42. The molecule has 2 atom stereocenters. The fourth-order valence-electron chi connectivity index (χ4n) is 2.65. The molecule has 2 unspecified atom stereocenters. The van der Waals surface area contributed by atoms with Gasteiger partial charge in [0.25, 0.3) is 0 Å². The monoisotopic (exact) mass is 255 g/mol. The summed E-state index contributed by atoms with van der Waals surface area (Å²) in [5, 5.41) is 11.6. The van der Waals surface area contributed by atoms with Gasteiger partial charge in [-0.15, -0.1) is 0 Å². The highest BCUT2D eigenvalue weighted by atomic mass is 16.5. The van der Waals surface area contributed by atoms with E-state index in [0.29, 0.717) is 12.5 Å². The van der Waals surface area contributed by atoms with Crippen LogP contribution in [0.5, 0.6) is 0 Å². The van der Waals surface area contributed by atoms with E-state index in [4.69, 9.17) is 9.84 Å². The lowest BCUT2D eigenvalue weighted by Gasteiger charge is -2.27. The van der Waals surface area contributed by atoms with E-state index in [1.54, 1.807) is 0 Å². The van der Waals surface area contributed by atoms with Gasteiger partial charge in [0.2, 0.25) is 0 Å². The molecule has 18 heavy (non-hydrogen) atoms. The lowest BCUT2D eigenvalue weighted by atomic mass is 9.82. The lowest BCUT2D eigenvalue weighted by molar-refractivity contribution is -0.139. The minimum atomic E-state index is -0.814. The van der Waals surface area contributed by atoms with E-state index < -0.39 is 12.1 Å². The molecule has 102 valence electrons. The van der Waals surface area contributed by atoms with E-state index >= 15 is 0 Å². The highest BCUT2D eigenvalue weighted by molar-refractivity contribution is 5.69. The van der Waals surface area contributed by atoms with Crippen molar-refractivity contribution in [3.63, 3.8) is 0 Å². The van der Waals surface area contributed by atoms with Crippen molar-refractivity contribution in [2.75, 3.05) is 13.2 Å². The Bertz CT molecular complexity index is 329. The summed E-state index contributed by atoms with van der Waals surface area (Å²) in [5.74, 6) is -0.305. The van der Waals surface area contributed by atoms with Gasteiger partial charge in [-0.05, 0) is 24.2 Å². The molecule has 0 aromatic rings.